The van der Waals surface area contributed by atoms with Crippen LogP contribution in [0.25, 0.3) is 0 Å². The molecule has 0 unspecified atom stereocenters. The maximum atomic E-state index is 12.1. The van der Waals surface area contributed by atoms with E-state index in [1.165, 1.54) is 0 Å². The number of nitrogen functional groups attached to an aromatic ring is 1. The predicted molar refractivity (Wildman–Crippen MR) is 75.1 cm³/mol. The molecule has 0 saturated heterocycles. The molecule has 0 saturated carbocycles. The van der Waals surface area contributed by atoms with Gasteiger partial charge in [-0.15, -0.1) is 0 Å². The van der Waals surface area contributed by atoms with E-state index in [1.54, 1.807) is 24.2 Å². The van der Waals surface area contributed by atoms with Crippen molar-refractivity contribution in [2.75, 3.05) is 12.8 Å². The zero-order valence-electron chi connectivity index (χ0n) is 9.98. The maximum Gasteiger partial charge on any atom is 0.270 e. The van der Waals surface area contributed by atoms with Gasteiger partial charge in [0.15, 0.2) is 0 Å². The van der Waals surface area contributed by atoms with Crippen molar-refractivity contribution in [3.8, 4) is 0 Å². The van der Waals surface area contributed by atoms with Crippen molar-refractivity contribution in [2.45, 2.75) is 6.54 Å². The molecule has 4 nitrogen and oxygen atoms in total. The molecule has 0 aliphatic rings. The molecule has 1 amide bonds. The molecule has 1 aromatic heterocycles. The van der Waals surface area contributed by atoms with Gasteiger partial charge in [0.05, 0.1) is 0 Å². The van der Waals surface area contributed by atoms with Crippen molar-refractivity contribution in [2.24, 2.45) is 0 Å². The van der Waals surface area contributed by atoms with E-state index in [0.29, 0.717) is 17.9 Å². The molecule has 3 N–H and O–H groups in total. The molecule has 18 heavy (non-hydrogen) atoms. The Morgan fingerprint density at radius 2 is 2.06 bits per heavy atom. The van der Waals surface area contributed by atoms with Gasteiger partial charge in [-0.25, -0.2) is 0 Å². The third-order valence-corrected chi connectivity index (χ3v) is 3.14. The molecular formula is C13H14BrN3O. The Balaban J connectivity index is 2.05. The van der Waals surface area contributed by atoms with Crippen LogP contribution in [0.1, 0.15) is 16.1 Å². The quantitative estimate of drug-likeness (QED) is 0.915. The Bertz CT molecular complexity index is 548. The number of hydrogen-bond acceptors (Lipinski definition) is 2. The van der Waals surface area contributed by atoms with Gasteiger partial charge in [-0.1, -0.05) is 28.1 Å². The van der Waals surface area contributed by atoms with Gasteiger partial charge in [-0.05, 0) is 23.8 Å². The fraction of sp³-hybridized carbons (Fsp3) is 0.154. The Morgan fingerprint density at radius 3 is 2.61 bits per heavy atom. The van der Waals surface area contributed by atoms with Gasteiger partial charge in [-0.2, -0.15) is 0 Å². The minimum absolute atomic E-state index is 0.0744. The summed E-state index contributed by atoms with van der Waals surface area (Å²) in [4.78, 5) is 16.6. The van der Waals surface area contributed by atoms with Crippen LogP contribution >= 0.6 is 15.9 Å². The van der Waals surface area contributed by atoms with Gasteiger partial charge >= 0.3 is 0 Å². The minimum atomic E-state index is -0.0744. The smallest absolute Gasteiger partial charge is 0.270 e. The molecule has 0 aliphatic heterocycles. The molecule has 5 heteroatoms. The monoisotopic (exact) mass is 307 g/mol. The van der Waals surface area contributed by atoms with E-state index in [2.05, 4.69) is 20.9 Å². The average Bonchev–Trinajstić information content (AvgIpc) is 2.78. The van der Waals surface area contributed by atoms with Gasteiger partial charge in [0, 0.05) is 29.9 Å². The highest BCUT2D eigenvalue weighted by Gasteiger charge is 2.13. The summed E-state index contributed by atoms with van der Waals surface area (Å²) < 4.78 is 1.03. The number of benzene rings is 1. The zero-order valence-corrected chi connectivity index (χ0v) is 11.6. The summed E-state index contributed by atoms with van der Waals surface area (Å²) in [7, 11) is 1.77. The number of H-pyrrole nitrogens is 1. The number of aromatic nitrogens is 1. The first kappa shape index (κ1) is 12.7. The first-order chi connectivity index (χ1) is 8.56. The van der Waals surface area contributed by atoms with Crippen LogP contribution in [0.2, 0.25) is 0 Å². The predicted octanol–water partition coefficient (Wildman–Crippen LogP) is 2.63. The second-order valence-electron chi connectivity index (χ2n) is 4.13. The summed E-state index contributed by atoms with van der Waals surface area (Å²) in [5.74, 6) is -0.0744. The number of nitrogens with zero attached hydrogens (tertiary/aromatic N) is 1. The van der Waals surface area contributed by atoms with Crippen molar-refractivity contribution >= 4 is 27.5 Å². The van der Waals surface area contributed by atoms with E-state index >= 15 is 0 Å². The molecule has 0 spiro atoms. The Kier molecular flexibility index (Phi) is 3.72. The van der Waals surface area contributed by atoms with Crippen LogP contribution in [0.5, 0.6) is 0 Å². The maximum absolute atomic E-state index is 12.1. The lowest BCUT2D eigenvalue weighted by Gasteiger charge is -2.16. The molecule has 0 atom stereocenters. The molecule has 94 valence electrons. The van der Waals surface area contributed by atoms with Crippen LogP contribution in [-0.2, 0) is 6.54 Å². The normalized spacial score (nSPS) is 10.3. The summed E-state index contributed by atoms with van der Waals surface area (Å²) in [5.41, 5.74) is 7.73. The van der Waals surface area contributed by atoms with Crippen molar-refractivity contribution in [1.82, 2.24) is 9.88 Å². The van der Waals surface area contributed by atoms with Crippen molar-refractivity contribution < 1.29 is 4.79 Å². The number of nitrogens with one attached hydrogen (secondary N) is 1. The number of anilines is 1. The lowest BCUT2D eigenvalue weighted by molar-refractivity contribution is 0.0780. The second-order valence-corrected chi connectivity index (χ2v) is 5.05. The van der Waals surface area contributed by atoms with E-state index in [4.69, 9.17) is 5.73 Å². The first-order valence-electron chi connectivity index (χ1n) is 5.50. The van der Waals surface area contributed by atoms with Crippen LogP contribution < -0.4 is 5.73 Å². The molecule has 1 aromatic carbocycles. The summed E-state index contributed by atoms with van der Waals surface area (Å²) in [6.45, 7) is 0.561. The second kappa shape index (κ2) is 5.27. The number of aromatic amines is 1. The number of rotatable bonds is 3. The molecule has 0 aliphatic carbocycles. The number of halogens is 1. The summed E-state index contributed by atoms with van der Waals surface area (Å²) >= 11 is 3.38. The van der Waals surface area contributed by atoms with E-state index in [0.717, 1.165) is 10.0 Å². The number of carbonyl (C=O) groups excluding carboxylic acids is 1. The number of carbonyl (C=O) groups is 1. The molecule has 0 bridgehead atoms. The van der Waals surface area contributed by atoms with Crippen LogP contribution in [0.4, 0.5) is 5.69 Å². The summed E-state index contributed by atoms with van der Waals surface area (Å²) in [6, 6.07) is 9.52. The molecule has 1 heterocycles. The molecular weight excluding hydrogens is 294 g/mol. The van der Waals surface area contributed by atoms with Gasteiger partial charge in [0.2, 0.25) is 0 Å². The van der Waals surface area contributed by atoms with E-state index in [-0.39, 0.29) is 5.91 Å². The fourth-order valence-electron chi connectivity index (χ4n) is 1.68. The van der Waals surface area contributed by atoms with E-state index in [1.807, 2.05) is 24.3 Å². The highest BCUT2D eigenvalue weighted by Crippen LogP contribution is 2.13. The zero-order chi connectivity index (χ0) is 13.1. The molecule has 2 rings (SSSR count). The Hall–Kier alpha value is -1.75. The Labute approximate surface area is 114 Å². The van der Waals surface area contributed by atoms with Crippen LogP contribution in [0.3, 0.4) is 0 Å². The number of nitrogens with two attached hydrogens (primary N) is 1. The lowest BCUT2D eigenvalue weighted by Crippen LogP contribution is -2.26. The number of hydrogen-bond donors (Lipinski definition) is 2. The molecule has 2 aromatic rings. The highest BCUT2D eigenvalue weighted by molar-refractivity contribution is 9.10. The van der Waals surface area contributed by atoms with Gasteiger partial charge in [-0.3, -0.25) is 4.79 Å². The van der Waals surface area contributed by atoms with E-state index in [9.17, 15) is 4.79 Å². The number of amides is 1. The topological polar surface area (TPSA) is 62.1 Å². The molecule has 0 fully saturated rings. The first-order valence-corrected chi connectivity index (χ1v) is 6.29. The summed E-state index contributed by atoms with van der Waals surface area (Å²) in [6.07, 6.45) is 1.61. The summed E-state index contributed by atoms with van der Waals surface area (Å²) in [5, 5.41) is 0. The van der Waals surface area contributed by atoms with Crippen molar-refractivity contribution in [3.63, 3.8) is 0 Å². The molecule has 0 radical (unpaired) electrons. The Morgan fingerprint density at radius 1 is 1.39 bits per heavy atom. The third-order valence-electron chi connectivity index (χ3n) is 2.62. The van der Waals surface area contributed by atoms with Crippen LogP contribution in [-0.4, -0.2) is 22.8 Å². The van der Waals surface area contributed by atoms with Crippen molar-refractivity contribution in [1.29, 1.82) is 0 Å². The van der Waals surface area contributed by atoms with Crippen molar-refractivity contribution in [3.05, 3.63) is 52.3 Å². The van der Waals surface area contributed by atoms with Crippen LogP contribution in [0.15, 0.2) is 41.0 Å². The average molecular weight is 308 g/mol. The van der Waals surface area contributed by atoms with Gasteiger partial charge in [0.1, 0.15) is 5.69 Å². The highest BCUT2D eigenvalue weighted by atomic mass is 79.9. The van der Waals surface area contributed by atoms with E-state index < -0.39 is 0 Å². The largest absolute Gasteiger partial charge is 0.397 e. The van der Waals surface area contributed by atoms with Gasteiger partial charge < -0.3 is 15.6 Å². The minimum Gasteiger partial charge on any atom is -0.397 e. The van der Waals surface area contributed by atoms with Gasteiger partial charge in [0.25, 0.3) is 5.91 Å². The fourth-order valence-corrected chi connectivity index (χ4v) is 1.94. The van der Waals surface area contributed by atoms with Crippen LogP contribution in [0, 0.1) is 0 Å². The third kappa shape index (κ3) is 2.92. The lowest BCUT2D eigenvalue weighted by atomic mass is 10.2. The standard InChI is InChI=1S/C13H14BrN3O/c1-17(8-9-2-4-10(14)5-3-9)13(18)12-6-11(15)7-16-12/h2-7,16H,8,15H2,1H3. The SMILES string of the molecule is CN(Cc1ccc(Br)cc1)C(=O)c1cc(N)c[nH]1.